The number of hydrogen-bond acceptors (Lipinski definition) is 2. The molecule has 0 unspecified atom stereocenters. The normalized spacial score (nSPS) is 17.6. The number of allylic oxidation sites excluding steroid dienone is 2. The van der Waals surface area contributed by atoms with E-state index < -0.39 is 5.41 Å². The molecule has 1 aliphatic heterocycles. The van der Waals surface area contributed by atoms with E-state index >= 15 is 0 Å². The minimum atomic E-state index is -0.857. The Balaban J connectivity index is 1.84. The summed E-state index contributed by atoms with van der Waals surface area (Å²) in [6, 6.07) is 16.0. The maximum absolute atomic E-state index is 13.3. The standard InChI is InChI=1S/C21H17NO2/c1-15-7-8-19-18(13-15)21(11-9-17(23)10-12-21)20(24)22(19)14-16-5-3-2-4-6-16/h2-13H,14H2,1H3. The molecule has 2 aromatic carbocycles. The molecule has 0 atom stereocenters. The molecule has 0 aromatic heterocycles. The number of rotatable bonds is 2. The Kier molecular flexibility index (Phi) is 3.24. The van der Waals surface area contributed by atoms with Crippen molar-refractivity contribution >= 4 is 17.4 Å². The number of amides is 1. The summed E-state index contributed by atoms with van der Waals surface area (Å²) in [5.41, 5.74) is 3.18. The zero-order valence-electron chi connectivity index (χ0n) is 13.4. The van der Waals surface area contributed by atoms with Crippen LogP contribution in [0, 0.1) is 6.92 Å². The SMILES string of the molecule is Cc1ccc2c(c1)C1(C=CC(=O)C=C1)C(=O)N2Cc1ccccc1. The van der Waals surface area contributed by atoms with E-state index in [2.05, 4.69) is 0 Å². The third kappa shape index (κ3) is 2.13. The maximum Gasteiger partial charge on any atom is 0.245 e. The zero-order valence-corrected chi connectivity index (χ0v) is 13.4. The average molecular weight is 315 g/mol. The molecule has 1 heterocycles. The van der Waals surface area contributed by atoms with E-state index in [9.17, 15) is 9.59 Å². The van der Waals surface area contributed by atoms with Crippen molar-refractivity contribution in [3.8, 4) is 0 Å². The van der Waals surface area contributed by atoms with Gasteiger partial charge in [0, 0.05) is 5.69 Å². The Morgan fingerprint density at radius 2 is 1.67 bits per heavy atom. The third-order valence-corrected chi connectivity index (χ3v) is 4.69. The van der Waals surface area contributed by atoms with E-state index in [0.29, 0.717) is 6.54 Å². The maximum atomic E-state index is 13.3. The number of ketones is 1. The van der Waals surface area contributed by atoms with Crippen LogP contribution in [-0.4, -0.2) is 11.7 Å². The first-order chi connectivity index (χ1) is 11.6. The number of carbonyl (C=O) groups excluding carboxylic acids is 2. The molecule has 0 radical (unpaired) electrons. The molecule has 0 N–H and O–H groups in total. The van der Waals surface area contributed by atoms with Crippen molar-refractivity contribution in [2.24, 2.45) is 0 Å². The number of carbonyl (C=O) groups is 2. The molecule has 1 spiro atoms. The van der Waals surface area contributed by atoms with Gasteiger partial charge in [0.25, 0.3) is 0 Å². The van der Waals surface area contributed by atoms with Gasteiger partial charge in [0.1, 0.15) is 5.41 Å². The van der Waals surface area contributed by atoms with Crippen LogP contribution in [0.3, 0.4) is 0 Å². The van der Waals surface area contributed by atoms with Gasteiger partial charge < -0.3 is 4.90 Å². The molecule has 24 heavy (non-hydrogen) atoms. The topological polar surface area (TPSA) is 37.4 Å². The molecule has 2 aromatic rings. The van der Waals surface area contributed by atoms with Gasteiger partial charge >= 0.3 is 0 Å². The van der Waals surface area contributed by atoms with Crippen molar-refractivity contribution in [1.82, 2.24) is 0 Å². The number of benzene rings is 2. The number of fused-ring (bicyclic) bond motifs is 2. The molecule has 3 heteroatoms. The lowest BCUT2D eigenvalue weighted by Crippen LogP contribution is -2.38. The van der Waals surface area contributed by atoms with Crippen molar-refractivity contribution in [3.05, 3.63) is 89.5 Å². The van der Waals surface area contributed by atoms with Gasteiger partial charge in [0.2, 0.25) is 5.91 Å². The summed E-state index contributed by atoms with van der Waals surface area (Å²) < 4.78 is 0. The molecule has 118 valence electrons. The second-order valence-corrected chi connectivity index (χ2v) is 6.34. The molecule has 2 aliphatic rings. The van der Waals surface area contributed by atoms with Crippen LogP contribution in [-0.2, 0) is 21.5 Å². The smallest absolute Gasteiger partial charge is 0.245 e. The molecule has 4 rings (SSSR count). The van der Waals surface area contributed by atoms with Gasteiger partial charge in [-0.15, -0.1) is 0 Å². The highest BCUT2D eigenvalue weighted by atomic mass is 16.2. The number of aryl methyl sites for hydroxylation is 1. The van der Waals surface area contributed by atoms with Crippen LogP contribution in [0.1, 0.15) is 16.7 Å². The highest BCUT2D eigenvalue weighted by Gasteiger charge is 2.48. The van der Waals surface area contributed by atoms with E-state index in [4.69, 9.17) is 0 Å². The summed E-state index contributed by atoms with van der Waals surface area (Å²) in [7, 11) is 0. The van der Waals surface area contributed by atoms with Crippen LogP contribution >= 0.6 is 0 Å². The minimum absolute atomic E-state index is 0.00745. The average Bonchev–Trinajstić information content (AvgIpc) is 2.81. The Labute approximate surface area is 140 Å². The van der Waals surface area contributed by atoms with Crippen molar-refractivity contribution in [2.45, 2.75) is 18.9 Å². The van der Waals surface area contributed by atoms with Crippen LogP contribution in [0.5, 0.6) is 0 Å². The van der Waals surface area contributed by atoms with E-state index in [-0.39, 0.29) is 11.7 Å². The predicted octanol–water partition coefficient (Wildman–Crippen LogP) is 3.47. The van der Waals surface area contributed by atoms with Gasteiger partial charge in [-0.2, -0.15) is 0 Å². The molecule has 1 amide bonds. The lowest BCUT2D eigenvalue weighted by Gasteiger charge is -2.24. The van der Waals surface area contributed by atoms with Gasteiger partial charge in [0.05, 0.1) is 6.54 Å². The van der Waals surface area contributed by atoms with Crippen molar-refractivity contribution in [2.75, 3.05) is 4.90 Å². The summed E-state index contributed by atoms with van der Waals surface area (Å²) in [6.45, 7) is 2.53. The van der Waals surface area contributed by atoms with Crippen LogP contribution in [0.4, 0.5) is 5.69 Å². The second kappa shape index (κ2) is 5.31. The molecular weight excluding hydrogens is 298 g/mol. The van der Waals surface area contributed by atoms with Crippen molar-refractivity contribution in [3.63, 3.8) is 0 Å². The van der Waals surface area contributed by atoms with Gasteiger partial charge in [-0.05, 0) is 36.3 Å². The van der Waals surface area contributed by atoms with Crippen LogP contribution in [0.25, 0.3) is 0 Å². The van der Waals surface area contributed by atoms with E-state index in [1.165, 1.54) is 12.2 Å². The first kappa shape index (κ1) is 14.6. The van der Waals surface area contributed by atoms with Crippen molar-refractivity contribution in [1.29, 1.82) is 0 Å². The van der Waals surface area contributed by atoms with Gasteiger partial charge in [-0.1, -0.05) is 60.2 Å². The van der Waals surface area contributed by atoms with Gasteiger partial charge in [0.15, 0.2) is 5.78 Å². The molecule has 1 aliphatic carbocycles. The van der Waals surface area contributed by atoms with E-state index in [0.717, 1.165) is 22.4 Å². The Morgan fingerprint density at radius 3 is 2.38 bits per heavy atom. The Morgan fingerprint density at radius 1 is 0.958 bits per heavy atom. The quantitative estimate of drug-likeness (QED) is 0.851. The van der Waals surface area contributed by atoms with Crippen LogP contribution < -0.4 is 4.90 Å². The van der Waals surface area contributed by atoms with E-state index in [1.807, 2.05) is 60.4 Å². The van der Waals surface area contributed by atoms with Crippen LogP contribution in [0.2, 0.25) is 0 Å². The fourth-order valence-corrected chi connectivity index (χ4v) is 3.45. The molecule has 0 saturated heterocycles. The van der Waals surface area contributed by atoms with Crippen LogP contribution in [0.15, 0.2) is 72.8 Å². The molecule has 0 bridgehead atoms. The number of nitrogens with zero attached hydrogens (tertiary/aromatic N) is 1. The second-order valence-electron chi connectivity index (χ2n) is 6.34. The third-order valence-electron chi connectivity index (χ3n) is 4.69. The summed E-state index contributed by atoms with van der Waals surface area (Å²) in [4.78, 5) is 26.7. The molecule has 0 fully saturated rings. The Bertz CT molecular complexity index is 877. The summed E-state index contributed by atoms with van der Waals surface area (Å²) in [6.07, 6.45) is 6.47. The lowest BCUT2D eigenvalue weighted by molar-refractivity contribution is -0.120. The van der Waals surface area contributed by atoms with E-state index in [1.54, 1.807) is 12.2 Å². The zero-order chi connectivity index (χ0) is 16.7. The first-order valence-corrected chi connectivity index (χ1v) is 8.00. The minimum Gasteiger partial charge on any atom is -0.306 e. The molecular formula is C21H17NO2. The highest BCUT2D eigenvalue weighted by molar-refractivity contribution is 6.14. The molecule has 0 saturated carbocycles. The summed E-state index contributed by atoms with van der Waals surface area (Å²) >= 11 is 0. The largest absolute Gasteiger partial charge is 0.306 e. The lowest BCUT2D eigenvalue weighted by atomic mass is 9.78. The van der Waals surface area contributed by atoms with Crippen molar-refractivity contribution < 1.29 is 9.59 Å². The molecule has 3 nitrogen and oxygen atoms in total. The summed E-state index contributed by atoms with van der Waals surface area (Å²) in [5, 5.41) is 0. The fourth-order valence-electron chi connectivity index (χ4n) is 3.45. The first-order valence-electron chi connectivity index (χ1n) is 8.00. The van der Waals surface area contributed by atoms with Gasteiger partial charge in [-0.25, -0.2) is 0 Å². The number of anilines is 1. The predicted molar refractivity (Wildman–Crippen MR) is 93.8 cm³/mol. The Hall–Kier alpha value is -2.94. The highest BCUT2D eigenvalue weighted by Crippen LogP contribution is 2.46. The monoisotopic (exact) mass is 315 g/mol. The van der Waals surface area contributed by atoms with Gasteiger partial charge in [-0.3, -0.25) is 9.59 Å². The summed E-state index contributed by atoms with van der Waals surface area (Å²) in [5.74, 6) is -0.0870. The number of hydrogen-bond donors (Lipinski definition) is 0. The fraction of sp³-hybridized carbons (Fsp3) is 0.143.